The maximum absolute atomic E-state index is 12.4. The van der Waals surface area contributed by atoms with Gasteiger partial charge in [-0.2, -0.15) is 0 Å². The lowest BCUT2D eigenvalue weighted by molar-refractivity contribution is 0.367. The van der Waals surface area contributed by atoms with Crippen molar-refractivity contribution in [2.45, 2.75) is 32.7 Å². The van der Waals surface area contributed by atoms with Crippen molar-refractivity contribution in [1.82, 2.24) is 28.9 Å². The van der Waals surface area contributed by atoms with Crippen molar-refractivity contribution >= 4 is 27.3 Å². The fourth-order valence-corrected chi connectivity index (χ4v) is 3.70. The van der Waals surface area contributed by atoms with Crippen LogP contribution in [0.3, 0.4) is 0 Å². The van der Waals surface area contributed by atoms with E-state index in [0.29, 0.717) is 22.1 Å². The van der Waals surface area contributed by atoms with Crippen molar-refractivity contribution < 1.29 is 4.52 Å². The van der Waals surface area contributed by atoms with E-state index in [4.69, 9.17) is 4.52 Å². The molecule has 130 valence electrons. The van der Waals surface area contributed by atoms with Crippen LogP contribution < -0.4 is 11.3 Å². The first-order valence-corrected chi connectivity index (χ1v) is 8.54. The number of fused-ring (bicyclic) bond motifs is 3. The first kappa shape index (κ1) is 15.8. The molecule has 25 heavy (non-hydrogen) atoms. The van der Waals surface area contributed by atoms with Gasteiger partial charge >= 0.3 is 5.76 Å². The van der Waals surface area contributed by atoms with Crippen LogP contribution in [-0.4, -0.2) is 28.9 Å². The van der Waals surface area contributed by atoms with Crippen molar-refractivity contribution in [3.8, 4) is 0 Å². The minimum atomic E-state index is -0.548. The molecular formula is C15H16N6O3S. The van der Waals surface area contributed by atoms with Gasteiger partial charge < -0.3 is 0 Å². The standard InChI is InChI=1S/C15H16N6O3S/c1-15(2,3)12-18-24-14(23)20(12)7-9-16-17-13-19(4)11(22)10-8(21(9)13)5-6-25-10/h5-6H,7H2,1-4H3. The second kappa shape index (κ2) is 5.12. The monoisotopic (exact) mass is 360 g/mol. The molecule has 0 N–H and O–H groups in total. The molecule has 0 unspecified atom stereocenters. The number of aromatic nitrogens is 6. The number of rotatable bonds is 2. The molecule has 0 amide bonds. The highest BCUT2D eigenvalue weighted by Crippen LogP contribution is 2.22. The lowest BCUT2D eigenvalue weighted by Gasteiger charge is -2.16. The molecule has 0 aliphatic rings. The van der Waals surface area contributed by atoms with Crippen molar-refractivity contribution in [3.63, 3.8) is 0 Å². The molecule has 0 aromatic carbocycles. The minimum absolute atomic E-state index is 0.117. The molecule has 0 bridgehead atoms. The van der Waals surface area contributed by atoms with E-state index in [0.717, 1.165) is 5.52 Å². The molecule has 4 aromatic rings. The fraction of sp³-hybridized carbons (Fsp3) is 0.400. The summed E-state index contributed by atoms with van der Waals surface area (Å²) in [5.74, 6) is 0.936. The maximum Gasteiger partial charge on any atom is 0.442 e. The third kappa shape index (κ3) is 2.24. The van der Waals surface area contributed by atoms with E-state index in [2.05, 4.69) is 15.4 Å². The van der Waals surface area contributed by atoms with Gasteiger partial charge in [-0.3, -0.25) is 22.9 Å². The highest BCUT2D eigenvalue weighted by atomic mass is 32.1. The molecule has 0 saturated carbocycles. The quantitative estimate of drug-likeness (QED) is 0.531. The molecule has 4 aromatic heterocycles. The molecule has 0 atom stereocenters. The van der Waals surface area contributed by atoms with Crippen LogP contribution in [0.5, 0.6) is 0 Å². The van der Waals surface area contributed by atoms with Crippen molar-refractivity contribution in [2.24, 2.45) is 7.05 Å². The highest BCUT2D eigenvalue weighted by molar-refractivity contribution is 7.17. The van der Waals surface area contributed by atoms with Gasteiger partial charge in [0.2, 0.25) is 5.78 Å². The van der Waals surface area contributed by atoms with Gasteiger partial charge in [-0.1, -0.05) is 25.9 Å². The summed E-state index contributed by atoms with van der Waals surface area (Å²) in [4.78, 5) is 24.5. The van der Waals surface area contributed by atoms with E-state index in [1.165, 1.54) is 20.5 Å². The Labute approximate surface area is 145 Å². The molecular weight excluding hydrogens is 344 g/mol. The van der Waals surface area contributed by atoms with E-state index < -0.39 is 5.76 Å². The lowest BCUT2D eigenvalue weighted by Crippen LogP contribution is -2.26. The van der Waals surface area contributed by atoms with Gasteiger partial charge in [0.1, 0.15) is 4.70 Å². The highest BCUT2D eigenvalue weighted by Gasteiger charge is 2.25. The van der Waals surface area contributed by atoms with Crippen LogP contribution in [-0.2, 0) is 19.0 Å². The number of nitrogens with zero attached hydrogens (tertiary/aromatic N) is 6. The average molecular weight is 360 g/mol. The Morgan fingerprint density at radius 1 is 1.24 bits per heavy atom. The Hall–Kier alpha value is -2.75. The molecule has 9 nitrogen and oxygen atoms in total. The Kier molecular flexibility index (Phi) is 3.23. The SMILES string of the molecule is Cn1c(=O)c2sccc2n2c(Cn3c(C(C)(C)C)noc3=O)nnc12. The number of thiophene rings is 1. The fourth-order valence-electron chi connectivity index (χ4n) is 2.85. The van der Waals surface area contributed by atoms with Crippen molar-refractivity contribution in [1.29, 1.82) is 0 Å². The van der Waals surface area contributed by atoms with Crippen LogP contribution in [0.4, 0.5) is 0 Å². The number of aryl methyl sites for hydroxylation is 1. The Balaban J connectivity index is 1.98. The van der Waals surface area contributed by atoms with E-state index in [-0.39, 0.29) is 17.5 Å². The average Bonchev–Trinajstić information content (AvgIpc) is 3.23. The van der Waals surface area contributed by atoms with Gasteiger partial charge in [-0.25, -0.2) is 4.79 Å². The third-order valence-electron chi connectivity index (χ3n) is 4.05. The molecule has 0 fully saturated rings. The number of hydrogen-bond acceptors (Lipinski definition) is 7. The first-order chi connectivity index (χ1) is 11.8. The van der Waals surface area contributed by atoms with E-state index in [1.54, 1.807) is 11.4 Å². The topological polar surface area (TPSA) is 100 Å². The summed E-state index contributed by atoms with van der Waals surface area (Å²) in [6, 6.07) is 1.85. The molecule has 0 saturated heterocycles. The maximum atomic E-state index is 12.4. The van der Waals surface area contributed by atoms with Crippen LogP contribution in [0, 0.1) is 0 Å². The second-order valence-corrected chi connectivity index (χ2v) is 7.78. The van der Waals surface area contributed by atoms with E-state index in [9.17, 15) is 9.59 Å². The van der Waals surface area contributed by atoms with Gasteiger partial charge in [0, 0.05) is 12.5 Å². The molecule has 0 radical (unpaired) electrons. The van der Waals surface area contributed by atoms with Gasteiger partial charge in [0.05, 0.1) is 12.1 Å². The smallest absolute Gasteiger partial charge is 0.296 e. The zero-order valence-corrected chi connectivity index (χ0v) is 15.0. The normalized spacial score (nSPS) is 12.5. The molecule has 4 rings (SSSR count). The van der Waals surface area contributed by atoms with Gasteiger partial charge in [-0.15, -0.1) is 21.5 Å². The van der Waals surface area contributed by atoms with Gasteiger partial charge in [0.25, 0.3) is 5.56 Å². The zero-order valence-electron chi connectivity index (χ0n) is 14.2. The molecule has 0 aliphatic heterocycles. The lowest BCUT2D eigenvalue weighted by atomic mass is 9.96. The molecule has 4 heterocycles. The summed E-state index contributed by atoms with van der Waals surface area (Å²) in [5.41, 5.74) is 0.246. The van der Waals surface area contributed by atoms with E-state index in [1.807, 2.05) is 32.2 Å². The summed E-state index contributed by atoms with van der Waals surface area (Å²) in [7, 11) is 1.65. The molecule has 0 spiro atoms. The Bertz CT molecular complexity index is 1220. The first-order valence-electron chi connectivity index (χ1n) is 7.66. The van der Waals surface area contributed by atoms with Gasteiger partial charge in [0.15, 0.2) is 11.6 Å². The van der Waals surface area contributed by atoms with Crippen LogP contribution in [0.25, 0.3) is 16.0 Å². The summed E-state index contributed by atoms with van der Waals surface area (Å²) in [5, 5.41) is 14.1. The van der Waals surface area contributed by atoms with Crippen LogP contribution in [0.15, 0.2) is 25.6 Å². The molecule has 10 heteroatoms. The van der Waals surface area contributed by atoms with Crippen molar-refractivity contribution in [2.75, 3.05) is 0 Å². The van der Waals surface area contributed by atoms with Crippen LogP contribution >= 0.6 is 11.3 Å². The summed E-state index contributed by atoms with van der Waals surface area (Å²) < 4.78 is 10.2. The van der Waals surface area contributed by atoms with Crippen LogP contribution in [0.2, 0.25) is 0 Å². The summed E-state index contributed by atoms with van der Waals surface area (Å²) in [6.07, 6.45) is 0. The predicted molar refractivity (Wildman–Crippen MR) is 92.2 cm³/mol. The summed E-state index contributed by atoms with van der Waals surface area (Å²) in [6.45, 7) is 6.00. The molecule has 0 aliphatic carbocycles. The van der Waals surface area contributed by atoms with E-state index >= 15 is 0 Å². The van der Waals surface area contributed by atoms with Crippen LogP contribution in [0.1, 0.15) is 32.4 Å². The zero-order chi connectivity index (χ0) is 17.9. The summed E-state index contributed by atoms with van der Waals surface area (Å²) >= 11 is 1.36. The largest absolute Gasteiger partial charge is 0.442 e. The third-order valence-corrected chi connectivity index (χ3v) is 4.95. The second-order valence-electron chi connectivity index (χ2n) is 6.86. The Morgan fingerprint density at radius 3 is 2.72 bits per heavy atom. The predicted octanol–water partition coefficient (Wildman–Crippen LogP) is 1.14. The number of hydrogen-bond donors (Lipinski definition) is 0. The minimum Gasteiger partial charge on any atom is -0.296 e. The van der Waals surface area contributed by atoms with Crippen molar-refractivity contribution in [3.05, 3.63) is 44.0 Å². The van der Waals surface area contributed by atoms with Gasteiger partial charge in [-0.05, 0) is 11.4 Å². The Morgan fingerprint density at radius 2 is 2.00 bits per heavy atom.